The highest BCUT2D eigenvalue weighted by molar-refractivity contribution is 5.93. The standard InChI is InChI=1S/C14H17FN2O3/c1-14-2-3-20-8-17(14)7-11-10(6-14)4-9(5-12(11)15)13(18)16-19/h4-5,19H,2-3,6-8H2,1H3,(H,16,18)/t14-/m0/s1. The number of fused-ring (bicyclic) bond motifs is 2. The third-order valence-electron chi connectivity index (χ3n) is 4.37. The minimum absolute atomic E-state index is 0.0635. The molecule has 0 bridgehead atoms. The van der Waals surface area contributed by atoms with Gasteiger partial charge in [-0.05, 0) is 37.5 Å². The summed E-state index contributed by atoms with van der Waals surface area (Å²) >= 11 is 0. The third kappa shape index (κ3) is 2.09. The minimum Gasteiger partial charge on any atom is -0.366 e. The number of carbonyl (C=O) groups is 1. The molecule has 5 nitrogen and oxygen atoms in total. The van der Waals surface area contributed by atoms with Gasteiger partial charge in [-0.3, -0.25) is 14.9 Å². The summed E-state index contributed by atoms with van der Waals surface area (Å²) < 4.78 is 19.6. The average molecular weight is 280 g/mol. The van der Waals surface area contributed by atoms with Crippen molar-refractivity contribution >= 4 is 5.91 Å². The number of halogens is 1. The lowest BCUT2D eigenvalue weighted by molar-refractivity contribution is -0.0998. The lowest BCUT2D eigenvalue weighted by Crippen LogP contribution is -2.55. The number of ether oxygens (including phenoxy) is 1. The fourth-order valence-electron chi connectivity index (χ4n) is 3.04. The smallest absolute Gasteiger partial charge is 0.274 e. The van der Waals surface area contributed by atoms with E-state index in [2.05, 4.69) is 11.8 Å². The Labute approximate surface area is 116 Å². The van der Waals surface area contributed by atoms with Gasteiger partial charge in [-0.25, -0.2) is 9.87 Å². The SMILES string of the molecule is C[C@@]12CCOCN1Cc1c(F)cc(C(=O)NO)cc1C2. The van der Waals surface area contributed by atoms with E-state index in [-0.39, 0.29) is 11.1 Å². The van der Waals surface area contributed by atoms with Crippen molar-refractivity contribution in [2.24, 2.45) is 0 Å². The Balaban J connectivity index is 2.01. The fourth-order valence-corrected chi connectivity index (χ4v) is 3.04. The van der Waals surface area contributed by atoms with Crippen LogP contribution in [0.3, 0.4) is 0 Å². The molecule has 0 aliphatic carbocycles. The lowest BCUT2D eigenvalue weighted by Gasteiger charge is -2.48. The zero-order chi connectivity index (χ0) is 14.3. The van der Waals surface area contributed by atoms with Gasteiger partial charge in [0.2, 0.25) is 0 Å². The molecule has 2 heterocycles. The van der Waals surface area contributed by atoms with E-state index < -0.39 is 11.7 Å². The van der Waals surface area contributed by atoms with Gasteiger partial charge in [-0.2, -0.15) is 0 Å². The molecule has 2 aliphatic heterocycles. The molecule has 20 heavy (non-hydrogen) atoms. The number of hydrogen-bond acceptors (Lipinski definition) is 4. The monoisotopic (exact) mass is 280 g/mol. The van der Waals surface area contributed by atoms with Gasteiger partial charge in [0.1, 0.15) is 5.82 Å². The van der Waals surface area contributed by atoms with Crippen LogP contribution < -0.4 is 5.48 Å². The lowest BCUT2D eigenvalue weighted by atomic mass is 9.81. The highest BCUT2D eigenvalue weighted by Gasteiger charge is 2.40. The zero-order valence-corrected chi connectivity index (χ0v) is 11.3. The third-order valence-corrected chi connectivity index (χ3v) is 4.37. The van der Waals surface area contributed by atoms with Crippen molar-refractivity contribution in [1.82, 2.24) is 10.4 Å². The molecule has 0 spiro atoms. The number of carbonyl (C=O) groups excluding carboxylic acids is 1. The van der Waals surface area contributed by atoms with E-state index in [1.807, 2.05) is 0 Å². The van der Waals surface area contributed by atoms with Crippen LogP contribution in [0, 0.1) is 5.82 Å². The second kappa shape index (κ2) is 4.80. The van der Waals surface area contributed by atoms with Gasteiger partial charge in [-0.1, -0.05) is 0 Å². The molecule has 0 saturated carbocycles. The van der Waals surface area contributed by atoms with Gasteiger partial charge < -0.3 is 4.74 Å². The summed E-state index contributed by atoms with van der Waals surface area (Å²) in [4.78, 5) is 13.6. The Morgan fingerprint density at radius 2 is 2.35 bits per heavy atom. The van der Waals surface area contributed by atoms with Crippen LogP contribution in [0.15, 0.2) is 12.1 Å². The van der Waals surface area contributed by atoms with Gasteiger partial charge in [0.25, 0.3) is 5.91 Å². The molecule has 1 aromatic carbocycles. The maximum atomic E-state index is 14.2. The van der Waals surface area contributed by atoms with E-state index in [1.54, 1.807) is 11.5 Å². The molecule has 1 aromatic rings. The number of amides is 1. The first kappa shape index (κ1) is 13.5. The second-order valence-corrected chi connectivity index (χ2v) is 5.70. The van der Waals surface area contributed by atoms with Crippen molar-refractivity contribution in [3.8, 4) is 0 Å². The summed E-state index contributed by atoms with van der Waals surface area (Å²) in [7, 11) is 0. The van der Waals surface area contributed by atoms with Gasteiger partial charge in [-0.15, -0.1) is 0 Å². The zero-order valence-electron chi connectivity index (χ0n) is 11.3. The Morgan fingerprint density at radius 3 is 3.10 bits per heavy atom. The van der Waals surface area contributed by atoms with E-state index in [9.17, 15) is 9.18 Å². The van der Waals surface area contributed by atoms with Gasteiger partial charge in [0.15, 0.2) is 0 Å². The van der Waals surface area contributed by atoms with Gasteiger partial charge in [0, 0.05) is 23.2 Å². The van der Waals surface area contributed by atoms with Crippen LogP contribution in [-0.2, 0) is 17.7 Å². The molecular weight excluding hydrogens is 263 g/mol. The van der Waals surface area contributed by atoms with Crippen molar-refractivity contribution in [2.45, 2.75) is 31.8 Å². The highest BCUT2D eigenvalue weighted by Crippen LogP contribution is 2.36. The molecule has 2 N–H and O–H groups in total. The van der Waals surface area contributed by atoms with Gasteiger partial charge in [0.05, 0.1) is 13.3 Å². The molecule has 108 valence electrons. The fraction of sp³-hybridized carbons (Fsp3) is 0.500. The minimum atomic E-state index is -0.689. The molecular formula is C14H17FN2O3. The largest absolute Gasteiger partial charge is 0.366 e. The Kier molecular flexibility index (Phi) is 3.24. The number of rotatable bonds is 1. The van der Waals surface area contributed by atoms with Crippen molar-refractivity contribution < 1.29 is 19.1 Å². The van der Waals surface area contributed by atoms with E-state index in [4.69, 9.17) is 9.94 Å². The van der Waals surface area contributed by atoms with Crippen molar-refractivity contribution in [3.63, 3.8) is 0 Å². The average Bonchev–Trinajstić information content (AvgIpc) is 2.43. The Bertz CT molecular complexity index is 564. The summed E-state index contributed by atoms with van der Waals surface area (Å²) in [5.74, 6) is -1.10. The molecule has 1 amide bonds. The number of benzene rings is 1. The highest BCUT2D eigenvalue weighted by atomic mass is 19.1. The predicted molar refractivity (Wildman–Crippen MR) is 68.7 cm³/mol. The van der Waals surface area contributed by atoms with E-state index >= 15 is 0 Å². The van der Waals surface area contributed by atoms with Crippen LogP contribution in [-0.4, -0.2) is 34.9 Å². The van der Waals surface area contributed by atoms with Crippen LogP contribution in [0.2, 0.25) is 0 Å². The summed E-state index contributed by atoms with van der Waals surface area (Å²) in [5, 5.41) is 8.67. The van der Waals surface area contributed by atoms with E-state index in [1.165, 1.54) is 0 Å². The first-order valence-electron chi connectivity index (χ1n) is 6.62. The van der Waals surface area contributed by atoms with Crippen molar-refractivity contribution in [3.05, 3.63) is 34.6 Å². The second-order valence-electron chi connectivity index (χ2n) is 5.70. The molecule has 3 rings (SSSR count). The van der Waals surface area contributed by atoms with Crippen molar-refractivity contribution in [1.29, 1.82) is 0 Å². The molecule has 0 radical (unpaired) electrons. The predicted octanol–water partition coefficient (Wildman–Crippen LogP) is 1.44. The molecule has 1 fully saturated rings. The molecule has 1 atom stereocenters. The number of nitrogens with zero attached hydrogens (tertiary/aromatic N) is 1. The number of nitrogens with one attached hydrogen (secondary N) is 1. The van der Waals surface area contributed by atoms with Crippen LogP contribution in [0.4, 0.5) is 4.39 Å². The molecule has 2 aliphatic rings. The van der Waals surface area contributed by atoms with Crippen LogP contribution in [0.1, 0.15) is 34.8 Å². The van der Waals surface area contributed by atoms with Gasteiger partial charge >= 0.3 is 0 Å². The summed E-state index contributed by atoms with van der Waals surface area (Å²) in [5.41, 5.74) is 3.08. The maximum Gasteiger partial charge on any atom is 0.274 e. The van der Waals surface area contributed by atoms with Crippen LogP contribution in [0.5, 0.6) is 0 Å². The molecule has 1 saturated heterocycles. The molecule has 0 aromatic heterocycles. The Morgan fingerprint density at radius 1 is 1.55 bits per heavy atom. The Hall–Kier alpha value is -1.50. The first-order valence-corrected chi connectivity index (χ1v) is 6.62. The summed E-state index contributed by atoms with van der Waals surface area (Å²) in [6.07, 6.45) is 1.56. The molecule has 0 unspecified atom stereocenters. The summed E-state index contributed by atoms with van der Waals surface area (Å²) in [6.45, 7) is 3.82. The molecule has 6 heteroatoms. The van der Waals surface area contributed by atoms with E-state index in [0.717, 1.165) is 18.1 Å². The van der Waals surface area contributed by atoms with Crippen molar-refractivity contribution in [2.75, 3.05) is 13.3 Å². The maximum absolute atomic E-state index is 14.2. The first-order chi connectivity index (χ1) is 9.53. The number of hydrogen-bond donors (Lipinski definition) is 2. The number of hydroxylamine groups is 1. The van der Waals surface area contributed by atoms with Crippen LogP contribution >= 0.6 is 0 Å². The quantitative estimate of drug-likeness (QED) is 0.603. The van der Waals surface area contributed by atoms with Crippen LogP contribution in [0.25, 0.3) is 0 Å². The van der Waals surface area contributed by atoms with E-state index in [0.29, 0.717) is 31.9 Å². The topological polar surface area (TPSA) is 61.8 Å². The normalized spacial score (nSPS) is 25.8. The summed E-state index contributed by atoms with van der Waals surface area (Å²) in [6, 6.07) is 2.83.